The second-order valence-electron chi connectivity index (χ2n) is 16.0. The Kier molecular flexibility index (Phi) is 12.1. The van der Waals surface area contributed by atoms with Gasteiger partial charge in [-0.05, 0) is 79.9 Å². The zero-order valence-corrected chi connectivity index (χ0v) is 33.1. The SMILES string of the molecule is CN(C)C(c1cccs1)C1CCC(CC(c2nc(Cc3ccccc3)c(N3CCN(c4ccccc4)CC3)o2)N2CCN(Cc3ccccc3)CC2)CC1. The van der Waals surface area contributed by atoms with Crippen LogP contribution in [0.15, 0.2) is 113 Å². The third-order valence-electron chi connectivity index (χ3n) is 12.3. The molecule has 0 N–H and O–H groups in total. The van der Waals surface area contributed by atoms with E-state index in [2.05, 4.69) is 147 Å². The van der Waals surface area contributed by atoms with Crippen LogP contribution in [0.2, 0.25) is 0 Å². The summed E-state index contributed by atoms with van der Waals surface area (Å²) < 4.78 is 7.12. The van der Waals surface area contributed by atoms with E-state index < -0.39 is 0 Å². The summed E-state index contributed by atoms with van der Waals surface area (Å²) in [6.45, 7) is 9.01. The molecule has 4 heterocycles. The molecular formula is C46H58N6OS. The third-order valence-corrected chi connectivity index (χ3v) is 13.2. The molecule has 0 spiro atoms. The summed E-state index contributed by atoms with van der Waals surface area (Å²) in [6, 6.07) is 37.9. The number of para-hydroxylation sites is 1. The van der Waals surface area contributed by atoms with Gasteiger partial charge in [0.15, 0.2) is 0 Å². The van der Waals surface area contributed by atoms with Gasteiger partial charge in [0.05, 0.1) is 6.04 Å². The number of thiophene rings is 1. The molecule has 3 aromatic carbocycles. The predicted molar refractivity (Wildman–Crippen MR) is 223 cm³/mol. The number of rotatable bonds is 13. The van der Waals surface area contributed by atoms with Gasteiger partial charge in [-0.25, -0.2) is 4.98 Å². The van der Waals surface area contributed by atoms with E-state index in [9.17, 15) is 0 Å². The first-order chi connectivity index (χ1) is 26.6. The number of aromatic nitrogens is 1. The second kappa shape index (κ2) is 17.7. The smallest absolute Gasteiger partial charge is 0.220 e. The van der Waals surface area contributed by atoms with E-state index in [1.165, 1.54) is 47.4 Å². The lowest BCUT2D eigenvalue weighted by Gasteiger charge is -2.41. The first-order valence-electron chi connectivity index (χ1n) is 20.4. The van der Waals surface area contributed by atoms with Gasteiger partial charge in [0.25, 0.3) is 0 Å². The number of nitrogens with zero attached hydrogens (tertiary/aromatic N) is 6. The Morgan fingerprint density at radius 2 is 1.33 bits per heavy atom. The van der Waals surface area contributed by atoms with E-state index >= 15 is 0 Å². The van der Waals surface area contributed by atoms with Crippen molar-refractivity contribution in [2.24, 2.45) is 11.8 Å². The van der Waals surface area contributed by atoms with Gasteiger partial charge in [-0.3, -0.25) is 9.80 Å². The van der Waals surface area contributed by atoms with Crippen molar-refractivity contribution in [1.29, 1.82) is 0 Å². The van der Waals surface area contributed by atoms with Crippen LogP contribution >= 0.6 is 11.3 Å². The van der Waals surface area contributed by atoms with Gasteiger partial charge in [0.1, 0.15) is 5.69 Å². The third kappa shape index (κ3) is 8.94. The summed E-state index contributed by atoms with van der Waals surface area (Å²) in [5.74, 6) is 3.30. The van der Waals surface area contributed by atoms with Crippen molar-refractivity contribution >= 4 is 22.9 Å². The van der Waals surface area contributed by atoms with Crippen molar-refractivity contribution in [2.45, 2.75) is 57.2 Å². The zero-order valence-electron chi connectivity index (χ0n) is 32.3. The quantitative estimate of drug-likeness (QED) is 0.119. The lowest BCUT2D eigenvalue weighted by Crippen LogP contribution is -2.47. The number of anilines is 2. The van der Waals surface area contributed by atoms with E-state index in [-0.39, 0.29) is 6.04 Å². The summed E-state index contributed by atoms with van der Waals surface area (Å²) >= 11 is 1.92. The van der Waals surface area contributed by atoms with Gasteiger partial charge in [0.2, 0.25) is 11.8 Å². The highest BCUT2D eigenvalue weighted by Crippen LogP contribution is 2.44. The van der Waals surface area contributed by atoms with Crippen LogP contribution in [0.25, 0.3) is 0 Å². The summed E-state index contributed by atoms with van der Waals surface area (Å²) in [4.78, 5) is 19.8. The average Bonchev–Trinajstić information content (AvgIpc) is 3.90. The Bertz CT molecular complexity index is 1820. The molecule has 1 aliphatic carbocycles. The molecule has 2 unspecified atom stereocenters. The van der Waals surface area contributed by atoms with E-state index in [1.54, 1.807) is 0 Å². The standard InChI is InChI=1S/C46H58N6OS/c1-48(2)44(43-19-12-32-54-43)39-22-20-37(21-23-39)34-42(51-26-24-49(25-27-51)35-38-15-8-4-9-16-38)45-47-41(33-36-13-6-3-7-14-36)46(53-45)52-30-28-50(29-31-52)40-17-10-5-11-18-40/h3-19,32,37,39,42,44H,20-31,33-35H2,1-2H3. The molecule has 0 bridgehead atoms. The number of oxazole rings is 1. The van der Waals surface area contributed by atoms with Crippen molar-refractivity contribution in [3.63, 3.8) is 0 Å². The molecule has 2 aliphatic heterocycles. The minimum absolute atomic E-state index is 0.182. The van der Waals surface area contributed by atoms with E-state index in [0.29, 0.717) is 17.9 Å². The van der Waals surface area contributed by atoms with E-state index in [0.717, 1.165) is 89.2 Å². The maximum absolute atomic E-state index is 7.12. The zero-order chi connectivity index (χ0) is 36.7. The highest BCUT2D eigenvalue weighted by atomic mass is 32.1. The molecule has 2 atom stereocenters. The summed E-state index contributed by atoms with van der Waals surface area (Å²) in [7, 11) is 4.53. The molecule has 8 heteroatoms. The van der Waals surface area contributed by atoms with Gasteiger partial charge >= 0.3 is 0 Å². The maximum atomic E-state index is 7.12. The Labute approximate surface area is 327 Å². The molecule has 2 saturated heterocycles. The average molecular weight is 743 g/mol. The maximum Gasteiger partial charge on any atom is 0.220 e. The normalized spacial score (nSPS) is 21.4. The van der Waals surface area contributed by atoms with Crippen molar-refractivity contribution in [3.05, 3.63) is 136 Å². The number of piperazine rings is 2. The molecular weight excluding hydrogens is 685 g/mol. The minimum Gasteiger partial charge on any atom is -0.423 e. The molecule has 54 heavy (non-hydrogen) atoms. The molecule has 8 rings (SSSR count). The van der Waals surface area contributed by atoms with Gasteiger partial charge < -0.3 is 19.1 Å². The fourth-order valence-electron chi connectivity index (χ4n) is 9.37. The van der Waals surface area contributed by atoms with E-state index in [4.69, 9.17) is 9.40 Å². The van der Waals surface area contributed by atoms with Gasteiger partial charge in [-0.2, -0.15) is 0 Å². The van der Waals surface area contributed by atoms with Crippen LogP contribution in [0.5, 0.6) is 0 Å². The fraction of sp³-hybridized carbons (Fsp3) is 0.457. The van der Waals surface area contributed by atoms with Gasteiger partial charge in [0, 0.05) is 81.9 Å². The highest BCUT2D eigenvalue weighted by Gasteiger charge is 2.36. The Morgan fingerprint density at radius 1 is 0.704 bits per heavy atom. The fourth-order valence-corrected chi connectivity index (χ4v) is 10.4. The van der Waals surface area contributed by atoms with Crippen molar-refractivity contribution in [1.82, 2.24) is 19.7 Å². The Balaban J connectivity index is 1.03. The topological polar surface area (TPSA) is 42.2 Å². The first kappa shape index (κ1) is 37.0. The Morgan fingerprint density at radius 3 is 1.96 bits per heavy atom. The number of benzene rings is 3. The van der Waals surface area contributed by atoms with Gasteiger partial charge in [-0.15, -0.1) is 11.3 Å². The van der Waals surface area contributed by atoms with Crippen LogP contribution in [-0.2, 0) is 13.0 Å². The monoisotopic (exact) mass is 742 g/mol. The largest absolute Gasteiger partial charge is 0.423 e. The van der Waals surface area contributed by atoms with Crippen molar-refractivity contribution in [3.8, 4) is 0 Å². The number of hydrogen-bond donors (Lipinski definition) is 0. The van der Waals surface area contributed by atoms with Crippen LogP contribution in [0.3, 0.4) is 0 Å². The summed E-state index contributed by atoms with van der Waals surface area (Å²) in [5.41, 5.74) is 5.07. The van der Waals surface area contributed by atoms with Crippen molar-refractivity contribution in [2.75, 3.05) is 76.3 Å². The number of hydrogen-bond acceptors (Lipinski definition) is 8. The molecule has 7 nitrogen and oxygen atoms in total. The van der Waals surface area contributed by atoms with Crippen LogP contribution in [-0.4, -0.2) is 86.1 Å². The lowest BCUT2D eigenvalue weighted by molar-refractivity contribution is 0.0595. The highest BCUT2D eigenvalue weighted by molar-refractivity contribution is 7.10. The van der Waals surface area contributed by atoms with E-state index in [1.807, 2.05) is 11.3 Å². The summed E-state index contributed by atoms with van der Waals surface area (Å²) in [6.07, 6.45) is 7.02. The Hall–Kier alpha value is -3.95. The molecule has 1 saturated carbocycles. The molecule has 284 valence electrons. The molecule has 0 amide bonds. The molecule has 5 aromatic rings. The molecule has 0 radical (unpaired) electrons. The van der Waals surface area contributed by atoms with Crippen molar-refractivity contribution < 1.29 is 4.42 Å². The lowest BCUT2D eigenvalue weighted by atomic mass is 9.75. The minimum atomic E-state index is 0.182. The second-order valence-corrected chi connectivity index (χ2v) is 17.0. The first-order valence-corrected chi connectivity index (χ1v) is 21.2. The summed E-state index contributed by atoms with van der Waals surface area (Å²) in [5, 5.41) is 2.24. The van der Waals surface area contributed by atoms with Crippen LogP contribution in [0, 0.1) is 11.8 Å². The van der Waals surface area contributed by atoms with Crippen LogP contribution < -0.4 is 9.80 Å². The van der Waals surface area contributed by atoms with Crippen LogP contribution in [0.1, 0.15) is 71.8 Å². The molecule has 3 aliphatic rings. The molecule has 3 fully saturated rings. The molecule has 2 aromatic heterocycles. The van der Waals surface area contributed by atoms with Gasteiger partial charge in [-0.1, -0.05) is 97.8 Å². The van der Waals surface area contributed by atoms with Crippen LogP contribution in [0.4, 0.5) is 11.6 Å². The predicted octanol–water partition coefficient (Wildman–Crippen LogP) is 9.01.